The number of fused-ring (bicyclic) bond motifs is 1. The normalized spacial score (nSPS) is 11.8. The first kappa shape index (κ1) is 15.9. The first-order valence-corrected chi connectivity index (χ1v) is 9.04. The molecule has 0 unspecified atom stereocenters. The van der Waals surface area contributed by atoms with E-state index in [4.69, 9.17) is 5.14 Å². The Kier molecular flexibility index (Phi) is 4.09. The number of nitrogens with two attached hydrogens (primary N) is 1. The Labute approximate surface area is 141 Å². The number of rotatable bonds is 4. The number of aromatic nitrogens is 3. The molecular weight excluding hydrogens is 382 g/mol. The maximum atomic E-state index is 11.2. The number of aryl methyl sites for hydroxylation is 1. The van der Waals surface area contributed by atoms with Crippen LogP contribution in [0.2, 0.25) is 0 Å². The maximum absolute atomic E-state index is 11.2. The lowest BCUT2D eigenvalue weighted by Crippen LogP contribution is -2.12. The standard InChI is InChI=1S/C14H14BrN5O2S/c1-9-8-20-12(15)7-18-14(20)13(19-9)17-6-10-2-4-11(5-3-10)23(16,21)22/h2-5,7-8H,6H2,1H3,(H,17,19)(H2,16,21,22). The Morgan fingerprint density at radius 3 is 2.65 bits per heavy atom. The van der Waals surface area contributed by atoms with Crippen molar-refractivity contribution >= 4 is 37.4 Å². The zero-order valence-corrected chi connectivity index (χ0v) is 14.6. The van der Waals surface area contributed by atoms with Gasteiger partial charge in [-0.05, 0) is 40.5 Å². The molecule has 2 heterocycles. The van der Waals surface area contributed by atoms with Gasteiger partial charge in [0.15, 0.2) is 11.5 Å². The van der Waals surface area contributed by atoms with E-state index in [2.05, 4.69) is 31.2 Å². The van der Waals surface area contributed by atoms with Crippen LogP contribution in [-0.2, 0) is 16.6 Å². The molecule has 0 saturated carbocycles. The number of anilines is 1. The topological polar surface area (TPSA) is 102 Å². The molecule has 0 amide bonds. The second-order valence-electron chi connectivity index (χ2n) is 5.05. The predicted molar refractivity (Wildman–Crippen MR) is 90.6 cm³/mol. The summed E-state index contributed by atoms with van der Waals surface area (Å²) in [5, 5.41) is 8.30. The summed E-state index contributed by atoms with van der Waals surface area (Å²) in [4.78, 5) is 8.86. The first-order chi connectivity index (χ1) is 10.8. The zero-order valence-electron chi connectivity index (χ0n) is 12.2. The minimum atomic E-state index is -3.67. The van der Waals surface area contributed by atoms with Crippen LogP contribution in [-0.4, -0.2) is 22.8 Å². The van der Waals surface area contributed by atoms with Gasteiger partial charge in [-0.15, -0.1) is 0 Å². The van der Waals surface area contributed by atoms with Gasteiger partial charge in [0.1, 0.15) is 4.60 Å². The molecule has 0 atom stereocenters. The fraction of sp³-hybridized carbons (Fsp3) is 0.143. The van der Waals surface area contributed by atoms with Gasteiger partial charge in [0.05, 0.1) is 16.8 Å². The van der Waals surface area contributed by atoms with Crippen molar-refractivity contribution in [2.75, 3.05) is 5.32 Å². The number of nitrogens with zero attached hydrogens (tertiary/aromatic N) is 3. The number of benzene rings is 1. The fourth-order valence-electron chi connectivity index (χ4n) is 2.18. The molecular formula is C14H14BrN5O2S. The van der Waals surface area contributed by atoms with Crippen LogP contribution in [0.15, 0.2) is 46.2 Å². The summed E-state index contributed by atoms with van der Waals surface area (Å²) in [7, 11) is -3.67. The average Bonchev–Trinajstić information content (AvgIpc) is 2.86. The lowest BCUT2D eigenvalue weighted by Gasteiger charge is -2.09. The summed E-state index contributed by atoms with van der Waals surface area (Å²) in [6.45, 7) is 2.39. The maximum Gasteiger partial charge on any atom is 0.238 e. The third kappa shape index (κ3) is 3.36. The monoisotopic (exact) mass is 395 g/mol. The van der Waals surface area contributed by atoms with Gasteiger partial charge in [-0.1, -0.05) is 12.1 Å². The van der Waals surface area contributed by atoms with Gasteiger partial charge in [0.25, 0.3) is 0 Å². The van der Waals surface area contributed by atoms with Crippen LogP contribution < -0.4 is 10.5 Å². The van der Waals surface area contributed by atoms with E-state index in [-0.39, 0.29) is 4.90 Å². The molecule has 23 heavy (non-hydrogen) atoms. The third-order valence-electron chi connectivity index (χ3n) is 3.28. The Bertz CT molecular complexity index is 967. The first-order valence-electron chi connectivity index (χ1n) is 6.70. The minimum absolute atomic E-state index is 0.0921. The Hall–Kier alpha value is -1.97. The SMILES string of the molecule is Cc1cn2c(Br)cnc2c(NCc2ccc(S(N)(=O)=O)cc2)n1. The van der Waals surface area contributed by atoms with Gasteiger partial charge < -0.3 is 5.32 Å². The molecule has 0 spiro atoms. The van der Waals surface area contributed by atoms with Crippen LogP contribution in [0.25, 0.3) is 5.65 Å². The van der Waals surface area contributed by atoms with Gasteiger partial charge in [0.2, 0.25) is 10.0 Å². The summed E-state index contributed by atoms with van der Waals surface area (Å²) >= 11 is 3.43. The van der Waals surface area contributed by atoms with Gasteiger partial charge in [0, 0.05) is 12.7 Å². The van der Waals surface area contributed by atoms with Gasteiger partial charge in [-0.25, -0.2) is 23.5 Å². The smallest absolute Gasteiger partial charge is 0.238 e. The van der Waals surface area contributed by atoms with Crippen molar-refractivity contribution < 1.29 is 8.42 Å². The third-order valence-corrected chi connectivity index (χ3v) is 4.80. The number of primary sulfonamides is 1. The van der Waals surface area contributed by atoms with Crippen molar-refractivity contribution in [3.05, 3.63) is 52.5 Å². The van der Waals surface area contributed by atoms with Crippen LogP contribution >= 0.6 is 15.9 Å². The van der Waals surface area contributed by atoms with Crippen molar-refractivity contribution in [2.45, 2.75) is 18.4 Å². The highest BCUT2D eigenvalue weighted by Crippen LogP contribution is 2.20. The van der Waals surface area contributed by atoms with Crippen molar-refractivity contribution in [1.29, 1.82) is 0 Å². The van der Waals surface area contributed by atoms with Crippen molar-refractivity contribution in [1.82, 2.24) is 14.4 Å². The molecule has 0 aliphatic heterocycles. The van der Waals surface area contributed by atoms with Crippen LogP contribution in [0, 0.1) is 6.92 Å². The molecule has 3 aromatic rings. The average molecular weight is 396 g/mol. The molecule has 3 N–H and O–H groups in total. The molecule has 120 valence electrons. The van der Waals surface area contributed by atoms with E-state index < -0.39 is 10.0 Å². The molecule has 0 saturated heterocycles. The number of imidazole rings is 1. The molecule has 9 heteroatoms. The summed E-state index contributed by atoms with van der Waals surface area (Å²) in [5.41, 5.74) is 2.47. The van der Waals surface area contributed by atoms with Gasteiger partial charge >= 0.3 is 0 Å². The quantitative estimate of drug-likeness (QED) is 0.703. The van der Waals surface area contributed by atoms with Crippen molar-refractivity contribution in [3.8, 4) is 0 Å². The Morgan fingerprint density at radius 1 is 1.30 bits per heavy atom. The highest BCUT2D eigenvalue weighted by atomic mass is 79.9. The van der Waals surface area contributed by atoms with Crippen LogP contribution in [0.4, 0.5) is 5.82 Å². The van der Waals surface area contributed by atoms with Gasteiger partial charge in [-0.3, -0.25) is 4.40 Å². The van der Waals surface area contributed by atoms with E-state index in [1.807, 2.05) is 17.5 Å². The molecule has 0 fully saturated rings. The Balaban J connectivity index is 1.84. The lowest BCUT2D eigenvalue weighted by molar-refractivity contribution is 0.598. The molecule has 2 aromatic heterocycles. The largest absolute Gasteiger partial charge is 0.363 e. The number of hydrogen-bond acceptors (Lipinski definition) is 5. The predicted octanol–water partition coefficient (Wildman–Crippen LogP) is 2.06. The van der Waals surface area contributed by atoms with E-state index in [1.165, 1.54) is 12.1 Å². The van der Waals surface area contributed by atoms with Crippen LogP contribution in [0.5, 0.6) is 0 Å². The molecule has 1 aromatic carbocycles. The van der Waals surface area contributed by atoms with E-state index in [9.17, 15) is 8.42 Å². The summed E-state index contributed by atoms with van der Waals surface area (Å²) in [6.07, 6.45) is 3.60. The zero-order chi connectivity index (χ0) is 16.6. The molecule has 7 nitrogen and oxygen atoms in total. The minimum Gasteiger partial charge on any atom is -0.363 e. The summed E-state index contributed by atoms with van der Waals surface area (Å²) < 4.78 is 25.2. The molecule has 0 radical (unpaired) electrons. The molecule has 0 bridgehead atoms. The lowest BCUT2D eigenvalue weighted by atomic mass is 10.2. The molecule has 3 rings (SSSR count). The van der Waals surface area contributed by atoms with Crippen molar-refractivity contribution in [3.63, 3.8) is 0 Å². The van der Waals surface area contributed by atoms with E-state index in [0.717, 1.165) is 15.9 Å². The summed E-state index contributed by atoms with van der Waals surface area (Å²) in [6, 6.07) is 6.39. The van der Waals surface area contributed by atoms with Crippen LogP contribution in [0.3, 0.4) is 0 Å². The second-order valence-corrected chi connectivity index (χ2v) is 7.42. The highest BCUT2D eigenvalue weighted by Gasteiger charge is 2.10. The van der Waals surface area contributed by atoms with E-state index in [0.29, 0.717) is 18.0 Å². The van der Waals surface area contributed by atoms with E-state index in [1.54, 1.807) is 18.3 Å². The Morgan fingerprint density at radius 2 is 2.00 bits per heavy atom. The summed E-state index contributed by atoms with van der Waals surface area (Å²) in [5.74, 6) is 0.659. The van der Waals surface area contributed by atoms with Crippen LogP contribution in [0.1, 0.15) is 11.3 Å². The second kappa shape index (κ2) is 5.91. The molecule has 0 aliphatic carbocycles. The number of hydrogen-bond donors (Lipinski definition) is 2. The molecule has 0 aliphatic rings. The fourth-order valence-corrected chi connectivity index (χ4v) is 3.07. The number of halogens is 1. The van der Waals surface area contributed by atoms with Crippen molar-refractivity contribution in [2.24, 2.45) is 5.14 Å². The number of nitrogens with one attached hydrogen (secondary N) is 1. The van der Waals surface area contributed by atoms with Gasteiger partial charge in [-0.2, -0.15) is 0 Å². The number of sulfonamides is 1. The highest BCUT2D eigenvalue weighted by molar-refractivity contribution is 9.10. The van der Waals surface area contributed by atoms with E-state index >= 15 is 0 Å².